The van der Waals surface area contributed by atoms with Crippen molar-refractivity contribution in [3.8, 4) is 0 Å². The van der Waals surface area contributed by atoms with Gasteiger partial charge in [0.05, 0.1) is 0 Å². The SMILES string of the molecule is N[C@H](CCCO)c1cc(Br)ccc1Br. The standard InChI is InChI=1S/C10H13Br2NO/c11-7-3-4-9(12)8(6-7)10(13)2-1-5-14/h3-4,6,10,14H,1-2,5,13H2/t10-/m1/s1. The summed E-state index contributed by atoms with van der Waals surface area (Å²) in [5.74, 6) is 0. The van der Waals surface area contributed by atoms with Crippen molar-refractivity contribution >= 4 is 31.9 Å². The van der Waals surface area contributed by atoms with Crippen LogP contribution < -0.4 is 5.73 Å². The van der Waals surface area contributed by atoms with Gasteiger partial charge in [-0.15, -0.1) is 0 Å². The van der Waals surface area contributed by atoms with Crippen LogP contribution >= 0.6 is 31.9 Å². The number of rotatable bonds is 4. The van der Waals surface area contributed by atoms with Crippen LogP contribution in [0.3, 0.4) is 0 Å². The van der Waals surface area contributed by atoms with Gasteiger partial charge in [0.2, 0.25) is 0 Å². The molecule has 1 aromatic carbocycles. The van der Waals surface area contributed by atoms with Gasteiger partial charge in [0, 0.05) is 21.6 Å². The number of nitrogens with two attached hydrogens (primary N) is 1. The summed E-state index contributed by atoms with van der Waals surface area (Å²) in [5.41, 5.74) is 7.07. The maximum absolute atomic E-state index is 8.71. The molecule has 1 aromatic rings. The summed E-state index contributed by atoms with van der Waals surface area (Å²) in [6, 6.07) is 5.92. The smallest absolute Gasteiger partial charge is 0.0431 e. The van der Waals surface area contributed by atoms with Gasteiger partial charge in [-0.05, 0) is 36.6 Å². The summed E-state index contributed by atoms with van der Waals surface area (Å²) < 4.78 is 2.04. The van der Waals surface area contributed by atoms with E-state index >= 15 is 0 Å². The largest absolute Gasteiger partial charge is 0.396 e. The Morgan fingerprint density at radius 3 is 2.71 bits per heavy atom. The van der Waals surface area contributed by atoms with E-state index in [4.69, 9.17) is 10.8 Å². The minimum Gasteiger partial charge on any atom is -0.396 e. The van der Waals surface area contributed by atoms with E-state index < -0.39 is 0 Å². The number of hydrogen-bond acceptors (Lipinski definition) is 2. The highest BCUT2D eigenvalue weighted by atomic mass is 79.9. The third-order valence-corrected chi connectivity index (χ3v) is 3.25. The van der Waals surface area contributed by atoms with E-state index in [1.54, 1.807) is 0 Å². The fraction of sp³-hybridized carbons (Fsp3) is 0.400. The Labute approximate surface area is 101 Å². The molecule has 0 aromatic heterocycles. The first kappa shape index (κ1) is 12.2. The highest BCUT2D eigenvalue weighted by molar-refractivity contribution is 9.11. The number of hydrogen-bond donors (Lipinski definition) is 2. The third kappa shape index (κ3) is 3.35. The monoisotopic (exact) mass is 321 g/mol. The van der Waals surface area contributed by atoms with Crippen molar-refractivity contribution in [2.24, 2.45) is 5.73 Å². The molecule has 1 atom stereocenters. The lowest BCUT2D eigenvalue weighted by molar-refractivity contribution is 0.280. The van der Waals surface area contributed by atoms with Gasteiger partial charge in [0.25, 0.3) is 0 Å². The molecule has 0 heterocycles. The second kappa shape index (κ2) is 5.85. The summed E-state index contributed by atoms with van der Waals surface area (Å²) >= 11 is 6.87. The molecule has 0 fully saturated rings. The van der Waals surface area contributed by atoms with E-state index in [2.05, 4.69) is 31.9 Å². The molecule has 0 saturated heterocycles. The minimum atomic E-state index is -0.0194. The Hall–Kier alpha value is 0.1000. The van der Waals surface area contributed by atoms with Crippen LogP contribution in [-0.4, -0.2) is 11.7 Å². The molecular formula is C10H13Br2NO. The van der Waals surface area contributed by atoms with Crippen LogP contribution in [0, 0.1) is 0 Å². The molecule has 0 aliphatic rings. The van der Waals surface area contributed by atoms with Gasteiger partial charge in [-0.3, -0.25) is 0 Å². The molecule has 0 saturated carbocycles. The molecule has 0 unspecified atom stereocenters. The molecule has 0 spiro atoms. The third-order valence-electron chi connectivity index (χ3n) is 2.03. The van der Waals surface area contributed by atoms with Crippen molar-refractivity contribution in [3.05, 3.63) is 32.7 Å². The van der Waals surface area contributed by atoms with Crippen molar-refractivity contribution in [2.75, 3.05) is 6.61 Å². The zero-order chi connectivity index (χ0) is 10.6. The Morgan fingerprint density at radius 1 is 1.36 bits per heavy atom. The maximum Gasteiger partial charge on any atom is 0.0431 e. The summed E-state index contributed by atoms with van der Waals surface area (Å²) in [6.07, 6.45) is 1.53. The lowest BCUT2D eigenvalue weighted by atomic mass is 10.0. The van der Waals surface area contributed by atoms with Gasteiger partial charge >= 0.3 is 0 Å². The van der Waals surface area contributed by atoms with E-state index in [1.165, 1.54) is 0 Å². The number of aliphatic hydroxyl groups excluding tert-OH is 1. The number of halogens is 2. The lowest BCUT2D eigenvalue weighted by Gasteiger charge is -2.13. The van der Waals surface area contributed by atoms with E-state index in [0.29, 0.717) is 0 Å². The first-order valence-corrected chi connectivity index (χ1v) is 6.05. The van der Waals surface area contributed by atoms with E-state index in [-0.39, 0.29) is 12.6 Å². The van der Waals surface area contributed by atoms with E-state index in [9.17, 15) is 0 Å². The zero-order valence-corrected chi connectivity index (χ0v) is 10.9. The van der Waals surface area contributed by atoms with Crippen LogP contribution in [0.15, 0.2) is 27.1 Å². The van der Waals surface area contributed by atoms with Gasteiger partial charge in [-0.25, -0.2) is 0 Å². The van der Waals surface area contributed by atoms with Crippen molar-refractivity contribution in [1.82, 2.24) is 0 Å². The summed E-state index contributed by atoms with van der Waals surface area (Å²) in [6.45, 7) is 0.194. The molecule has 3 N–H and O–H groups in total. The summed E-state index contributed by atoms with van der Waals surface area (Å²) in [7, 11) is 0. The Morgan fingerprint density at radius 2 is 2.07 bits per heavy atom. The number of benzene rings is 1. The quantitative estimate of drug-likeness (QED) is 0.895. The van der Waals surface area contributed by atoms with Gasteiger partial charge in [0.15, 0.2) is 0 Å². The Balaban J connectivity index is 2.77. The average molecular weight is 323 g/mol. The van der Waals surface area contributed by atoms with Crippen molar-refractivity contribution in [3.63, 3.8) is 0 Å². The molecule has 1 rings (SSSR count). The predicted molar refractivity (Wildman–Crippen MR) is 65.1 cm³/mol. The summed E-state index contributed by atoms with van der Waals surface area (Å²) in [4.78, 5) is 0. The number of aliphatic hydroxyl groups is 1. The first-order valence-electron chi connectivity index (χ1n) is 4.46. The molecule has 0 bridgehead atoms. The Bertz CT molecular complexity index is 304. The van der Waals surface area contributed by atoms with Crippen LogP contribution in [0.1, 0.15) is 24.4 Å². The molecule has 4 heteroatoms. The molecule has 0 aliphatic carbocycles. The Kier molecular flexibility index (Phi) is 5.09. The first-order chi connectivity index (χ1) is 6.65. The maximum atomic E-state index is 8.71. The highest BCUT2D eigenvalue weighted by Crippen LogP contribution is 2.27. The fourth-order valence-electron chi connectivity index (χ4n) is 1.27. The molecule has 0 amide bonds. The lowest BCUT2D eigenvalue weighted by Crippen LogP contribution is -2.11. The highest BCUT2D eigenvalue weighted by Gasteiger charge is 2.09. The van der Waals surface area contributed by atoms with Crippen LogP contribution in [0.2, 0.25) is 0 Å². The van der Waals surface area contributed by atoms with Gasteiger partial charge < -0.3 is 10.8 Å². The van der Waals surface area contributed by atoms with Gasteiger partial charge in [-0.2, -0.15) is 0 Å². The second-order valence-corrected chi connectivity index (χ2v) is 4.91. The van der Waals surface area contributed by atoms with Crippen LogP contribution in [0.5, 0.6) is 0 Å². The van der Waals surface area contributed by atoms with Crippen LogP contribution in [-0.2, 0) is 0 Å². The topological polar surface area (TPSA) is 46.2 Å². The average Bonchev–Trinajstić information content (AvgIpc) is 2.18. The van der Waals surface area contributed by atoms with Crippen molar-refractivity contribution in [1.29, 1.82) is 0 Å². The summed E-state index contributed by atoms with van der Waals surface area (Å²) in [5, 5.41) is 8.71. The molecule has 78 valence electrons. The van der Waals surface area contributed by atoms with Gasteiger partial charge in [0.1, 0.15) is 0 Å². The van der Waals surface area contributed by atoms with Crippen molar-refractivity contribution in [2.45, 2.75) is 18.9 Å². The molecule has 0 aliphatic heterocycles. The van der Waals surface area contributed by atoms with Gasteiger partial charge in [-0.1, -0.05) is 31.9 Å². The fourth-order valence-corrected chi connectivity index (χ4v) is 2.18. The molecule has 2 nitrogen and oxygen atoms in total. The van der Waals surface area contributed by atoms with Crippen molar-refractivity contribution < 1.29 is 5.11 Å². The normalized spacial score (nSPS) is 12.9. The predicted octanol–water partition coefficient (Wildman–Crippen LogP) is 2.98. The van der Waals surface area contributed by atoms with Crippen LogP contribution in [0.25, 0.3) is 0 Å². The van der Waals surface area contributed by atoms with E-state index in [0.717, 1.165) is 27.4 Å². The zero-order valence-electron chi connectivity index (χ0n) is 7.71. The molecule has 14 heavy (non-hydrogen) atoms. The minimum absolute atomic E-state index is 0.0194. The van der Waals surface area contributed by atoms with E-state index in [1.807, 2.05) is 18.2 Å². The molecule has 0 radical (unpaired) electrons. The molecular weight excluding hydrogens is 310 g/mol. The van der Waals surface area contributed by atoms with Crippen LogP contribution in [0.4, 0.5) is 0 Å². The second-order valence-electron chi connectivity index (χ2n) is 3.14.